The molecule has 28 heavy (non-hydrogen) atoms. The minimum atomic E-state index is -4.78. The number of aromatic nitrogens is 1. The van der Waals surface area contributed by atoms with E-state index in [1.54, 1.807) is 0 Å². The summed E-state index contributed by atoms with van der Waals surface area (Å²) in [4.78, 5) is 27.9. The number of carbonyl (C=O) groups excluding carboxylic acids is 2. The fourth-order valence-corrected chi connectivity index (χ4v) is 2.52. The monoisotopic (exact) mass is 409 g/mol. The zero-order chi connectivity index (χ0) is 20.3. The summed E-state index contributed by atoms with van der Waals surface area (Å²) in [6.45, 7) is 0. The van der Waals surface area contributed by atoms with Crippen molar-refractivity contribution in [3.05, 3.63) is 77.0 Å². The molecular weight excluding hydrogens is 399 g/mol. The number of nitrogens with one attached hydrogen (secondary N) is 2. The zero-order valence-electron chi connectivity index (χ0n) is 13.9. The molecular formula is C18H11ClF3N3O3. The fourth-order valence-electron chi connectivity index (χ4n) is 2.31. The lowest BCUT2D eigenvalue weighted by atomic mass is 10.1. The number of benzene rings is 1. The molecule has 3 aromatic rings. The van der Waals surface area contributed by atoms with Gasteiger partial charge in [-0.2, -0.15) is 13.2 Å². The number of hydrogen-bond acceptors (Lipinski definition) is 4. The molecule has 0 saturated heterocycles. The van der Waals surface area contributed by atoms with Crippen molar-refractivity contribution in [1.29, 1.82) is 0 Å². The number of furan rings is 1. The van der Waals surface area contributed by atoms with E-state index >= 15 is 0 Å². The SMILES string of the molecule is O=C(Nc1ccc(NC(=O)c2cccnc2Cl)c(C(F)(F)F)c1)c1ccco1. The van der Waals surface area contributed by atoms with Crippen LogP contribution in [0.15, 0.2) is 59.3 Å². The third-order valence-electron chi connectivity index (χ3n) is 3.58. The lowest BCUT2D eigenvalue weighted by Crippen LogP contribution is -2.18. The molecule has 6 nitrogen and oxygen atoms in total. The fraction of sp³-hybridized carbons (Fsp3) is 0.0556. The molecule has 1 aromatic carbocycles. The Kier molecular flexibility index (Phi) is 5.36. The van der Waals surface area contributed by atoms with Crippen LogP contribution in [0.25, 0.3) is 0 Å². The van der Waals surface area contributed by atoms with E-state index in [2.05, 4.69) is 15.6 Å². The van der Waals surface area contributed by atoms with Crippen LogP contribution in [0, 0.1) is 0 Å². The Labute approximate surface area is 161 Å². The number of alkyl halides is 3. The summed E-state index contributed by atoms with van der Waals surface area (Å²) in [6.07, 6.45) is -2.18. The molecule has 2 aromatic heterocycles. The van der Waals surface area contributed by atoms with Gasteiger partial charge in [-0.25, -0.2) is 4.98 Å². The minimum Gasteiger partial charge on any atom is -0.459 e. The normalized spacial score (nSPS) is 11.1. The van der Waals surface area contributed by atoms with Gasteiger partial charge >= 0.3 is 6.18 Å². The quantitative estimate of drug-likeness (QED) is 0.603. The van der Waals surface area contributed by atoms with Gasteiger partial charge < -0.3 is 15.1 Å². The van der Waals surface area contributed by atoms with Crippen molar-refractivity contribution < 1.29 is 27.2 Å². The molecule has 2 N–H and O–H groups in total. The maximum atomic E-state index is 13.5. The average molecular weight is 410 g/mol. The molecule has 0 aliphatic heterocycles. The Morgan fingerprint density at radius 1 is 1.04 bits per heavy atom. The van der Waals surface area contributed by atoms with E-state index in [-0.39, 0.29) is 22.2 Å². The lowest BCUT2D eigenvalue weighted by molar-refractivity contribution is -0.136. The molecule has 0 aliphatic rings. The van der Waals surface area contributed by atoms with Gasteiger partial charge in [0, 0.05) is 11.9 Å². The van der Waals surface area contributed by atoms with E-state index in [9.17, 15) is 22.8 Å². The molecule has 144 valence electrons. The lowest BCUT2D eigenvalue weighted by Gasteiger charge is -2.16. The van der Waals surface area contributed by atoms with Gasteiger partial charge in [-0.15, -0.1) is 0 Å². The van der Waals surface area contributed by atoms with Crippen LogP contribution in [-0.4, -0.2) is 16.8 Å². The Balaban J connectivity index is 1.88. The van der Waals surface area contributed by atoms with Crippen molar-refractivity contribution in [2.24, 2.45) is 0 Å². The molecule has 0 aliphatic carbocycles. The van der Waals surface area contributed by atoms with Gasteiger partial charge in [0.15, 0.2) is 5.76 Å². The molecule has 0 saturated carbocycles. The number of rotatable bonds is 4. The Morgan fingerprint density at radius 2 is 1.82 bits per heavy atom. The topological polar surface area (TPSA) is 84.2 Å². The summed E-state index contributed by atoms with van der Waals surface area (Å²) in [6, 6.07) is 8.56. The predicted octanol–water partition coefficient (Wildman–Crippen LogP) is 4.85. The summed E-state index contributed by atoms with van der Waals surface area (Å²) in [5, 5.41) is 4.33. The molecule has 0 radical (unpaired) electrons. The van der Waals surface area contributed by atoms with E-state index in [1.807, 2.05) is 0 Å². The van der Waals surface area contributed by atoms with Gasteiger partial charge in [0.25, 0.3) is 11.8 Å². The number of anilines is 2. The van der Waals surface area contributed by atoms with Crippen LogP contribution in [0.2, 0.25) is 5.15 Å². The number of hydrogen-bond donors (Lipinski definition) is 2. The highest BCUT2D eigenvalue weighted by Crippen LogP contribution is 2.37. The van der Waals surface area contributed by atoms with Crippen molar-refractivity contribution in [2.75, 3.05) is 10.6 Å². The van der Waals surface area contributed by atoms with Crippen molar-refractivity contribution in [3.8, 4) is 0 Å². The summed E-state index contributed by atoms with van der Waals surface area (Å²) in [5.74, 6) is -1.62. The molecule has 0 bridgehead atoms. The minimum absolute atomic E-state index is 0.0582. The van der Waals surface area contributed by atoms with Gasteiger partial charge in [-0.3, -0.25) is 9.59 Å². The third-order valence-corrected chi connectivity index (χ3v) is 3.88. The van der Waals surface area contributed by atoms with Gasteiger partial charge in [-0.05, 0) is 42.5 Å². The van der Waals surface area contributed by atoms with Gasteiger partial charge in [-0.1, -0.05) is 11.6 Å². The molecule has 0 unspecified atom stereocenters. The third kappa shape index (κ3) is 4.32. The van der Waals surface area contributed by atoms with Gasteiger partial charge in [0.2, 0.25) is 0 Å². The largest absolute Gasteiger partial charge is 0.459 e. The second-order valence-corrected chi connectivity index (χ2v) is 5.84. The highest BCUT2D eigenvalue weighted by atomic mass is 35.5. The second-order valence-electron chi connectivity index (χ2n) is 5.49. The molecule has 3 rings (SSSR count). The summed E-state index contributed by atoms with van der Waals surface area (Å²) < 4.78 is 45.2. The predicted molar refractivity (Wildman–Crippen MR) is 95.3 cm³/mol. The van der Waals surface area contributed by atoms with Crippen LogP contribution < -0.4 is 10.6 Å². The molecule has 2 heterocycles. The van der Waals surface area contributed by atoms with Crippen LogP contribution in [0.3, 0.4) is 0 Å². The van der Waals surface area contributed by atoms with Crippen LogP contribution in [0.4, 0.5) is 24.5 Å². The molecule has 0 atom stereocenters. The Morgan fingerprint density at radius 3 is 2.46 bits per heavy atom. The first kappa shape index (κ1) is 19.4. The summed E-state index contributed by atoms with van der Waals surface area (Å²) in [5.41, 5.74) is -1.83. The maximum absolute atomic E-state index is 13.5. The van der Waals surface area contributed by atoms with Crippen molar-refractivity contribution >= 4 is 34.8 Å². The van der Waals surface area contributed by atoms with Crippen LogP contribution in [0.1, 0.15) is 26.5 Å². The highest BCUT2D eigenvalue weighted by molar-refractivity contribution is 6.33. The maximum Gasteiger partial charge on any atom is 0.418 e. The first-order valence-corrected chi connectivity index (χ1v) is 8.11. The summed E-state index contributed by atoms with van der Waals surface area (Å²) in [7, 11) is 0. The van der Waals surface area contributed by atoms with Crippen LogP contribution >= 0.6 is 11.6 Å². The average Bonchev–Trinajstić information content (AvgIpc) is 3.17. The molecule has 2 amide bonds. The van der Waals surface area contributed by atoms with Crippen molar-refractivity contribution in [3.63, 3.8) is 0 Å². The van der Waals surface area contributed by atoms with Gasteiger partial charge in [0.05, 0.1) is 23.1 Å². The Hall–Kier alpha value is -3.33. The van der Waals surface area contributed by atoms with E-state index in [0.29, 0.717) is 6.07 Å². The smallest absolute Gasteiger partial charge is 0.418 e. The second kappa shape index (κ2) is 7.73. The van der Waals surface area contributed by atoms with Crippen LogP contribution in [-0.2, 0) is 6.18 Å². The van der Waals surface area contributed by atoms with Crippen molar-refractivity contribution in [2.45, 2.75) is 6.18 Å². The van der Waals surface area contributed by atoms with E-state index in [1.165, 1.54) is 42.8 Å². The number of amides is 2. The number of nitrogens with zero attached hydrogens (tertiary/aromatic N) is 1. The van der Waals surface area contributed by atoms with E-state index in [4.69, 9.17) is 16.0 Å². The molecule has 0 spiro atoms. The number of pyridine rings is 1. The standard InChI is InChI=1S/C18H11ClF3N3O3/c19-15-11(3-1-7-23-15)16(26)25-13-6-5-10(9-12(13)18(20,21)22)24-17(27)14-4-2-8-28-14/h1-9H,(H,24,27)(H,25,26). The molecule has 10 heteroatoms. The molecule has 0 fully saturated rings. The van der Waals surface area contributed by atoms with E-state index in [0.717, 1.165) is 6.07 Å². The summed E-state index contributed by atoms with van der Waals surface area (Å²) >= 11 is 5.80. The van der Waals surface area contributed by atoms with Crippen LogP contribution in [0.5, 0.6) is 0 Å². The first-order chi connectivity index (χ1) is 13.3. The first-order valence-electron chi connectivity index (χ1n) is 7.73. The highest BCUT2D eigenvalue weighted by Gasteiger charge is 2.34. The Bertz CT molecular complexity index is 1020. The van der Waals surface area contributed by atoms with Gasteiger partial charge in [0.1, 0.15) is 5.15 Å². The zero-order valence-corrected chi connectivity index (χ0v) is 14.6. The van der Waals surface area contributed by atoms with E-state index < -0.39 is 29.2 Å². The number of carbonyl (C=O) groups is 2. The number of halogens is 4. The van der Waals surface area contributed by atoms with Crippen molar-refractivity contribution in [1.82, 2.24) is 4.98 Å².